The summed E-state index contributed by atoms with van der Waals surface area (Å²) in [6, 6.07) is 15.8. The molecule has 3 aromatic carbocycles. The number of imidazole rings is 2. The molecular weight excluding hydrogens is 594 g/mol. The average molecular weight is 637 g/mol. The van der Waals surface area contributed by atoms with Crippen molar-refractivity contribution in [2.24, 2.45) is 0 Å². The van der Waals surface area contributed by atoms with Gasteiger partial charge in [0.1, 0.15) is 23.3 Å². The van der Waals surface area contributed by atoms with Crippen molar-refractivity contribution in [2.45, 2.75) is 82.0 Å². The monoisotopic (exact) mass is 636 g/mol. The van der Waals surface area contributed by atoms with E-state index in [0.717, 1.165) is 129 Å². The molecule has 5 aromatic rings. The summed E-state index contributed by atoms with van der Waals surface area (Å²) in [5.74, 6) is 1.20. The number of hydrogen-bond acceptors (Lipinski definition) is 6. The first-order chi connectivity index (χ1) is 23.1. The molecule has 8 nitrogen and oxygen atoms in total. The van der Waals surface area contributed by atoms with E-state index in [9.17, 15) is 0 Å². The molecule has 4 aliphatic rings. The first kappa shape index (κ1) is 29.1. The fourth-order valence-corrected chi connectivity index (χ4v) is 8.58. The molecule has 0 amide bonds. The number of nitrogens with zero attached hydrogens (tertiary/aromatic N) is 4. The summed E-state index contributed by atoms with van der Waals surface area (Å²) < 4.78 is 32.4. The SMILES string of the molecule is Fc1cc(N2[C@@H](c3ccc4nc([C@@H]5CCCN5)[nH]c4c3)CC[C@@H]2c2ccc3nc([C@@H]4CCCN4)[nH]c3c2)c(F)cc1N1CCCCC1. The molecule has 6 heterocycles. The molecule has 0 radical (unpaired) electrons. The van der Waals surface area contributed by atoms with Crippen LogP contribution in [-0.4, -0.2) is 46.1 Å². The van der Waals surface area contributed by atoms with Crippen LogP contribution in [0.1, 0.15) is 105 Å². The Bertz CT molecular complexity index is 1810. The van der Waals surface area contributed by atoms with E-state index in [2.05, 4.69) is 61.9 Å². The van der Waals surface area contributed by atoms with Gasteiger partial charge >= 0.3 is 0 Å². The van der Waals surface area contributed by atoms with E-state index in [1.807, 2.05) is 4.90 Å². The summed E-state index contributed by atoms with van der Waals surface area (Å²) >= 11 is 0. The van der Waals surface area contributed by atoms with Crippen molar-refractivity contribution in [3.05, 3.63) is 82.9 Å². The summed E-state index contributed by atoms with van der Waals surface area (Å²) in [5.41, 5.74) is 6.66. The average Bonchev–Trinajstić information content (AvgIpc) is 3.94. The van der Waals surface area contributed by atoms with Crippen LogP contribution in [0.4, 0.5) is 20.2 Å². The maximum absolute atomic E-state index is 16.4. The van der Waals surface area contributed by atoms with Gasteiger partial charge in [-0.25, -0.2) is 18.7 Å². The van der Waals surface area contributed by atoms with Gasteiger partial charge in [0, 0.05) is 25.2 Å². The lowest BCUT2D eigenvalue weighted by atomic mass is 10.0. The topological polar surface area (TPSA) is 87.9 Å². The summed E-state index contributed by atoms with van der Waals surface area (Å²) in [6.07, 6.45) is 9.20. The fourth-order valence-electron chi connectivity index (χ4n) is 8.58. The Hall–Kier alpha value is -4.02. The molecule has 9 rings (SSSR count). The predicted molar refractivity (Wildman–Crippen MR) is 182 cm³/mol. The minimum Gasteiger partial charge on any atom is -0.369 e. The Labute approximate surface area is 273 Å². The van der Waals surface area contributed by atoms with Crippen molar-refractivity contribution in [3.63, 3.8) is 0 Å². The van der Waals surface area contributed by atoms with Crippen molar-refractivity contribution in [2.75, 3.05) is 36.0 Å². The number of anilines is 2. The molecule has 0 bridgehead atoms. The number of aromatic nitrogens is 4. The zero-order valence-corrected chi connectivity index (χ0v) is 26.7. The maximum Gasteiger partial charge on any atom is 0.148 e. The Morgan fingerprint density at radius 2 is 1.13 bits per heavy atom. The van der Waals surface area contributed by atoms with Crippen LogP contribution in [0.15, 0.2) is 48.5 Å². The summed E-state index contributed by atoms with van der Waals surface area (Å²) in [5, 5.41) is 7.06. The minimum absolute atomic E-state index is 0.133. The van der Waals surface area contributed by atoms with Gasteiger partial charge in [0.05, 0.1) is 57.6 Å². The van der Waals surface area contributed by atoms with Crippen LogP contribution >= 0.6 is 0 Å². The Kier molecular flexibility index (Phi) is 7.38. The quantitative estimate of drug-likeness (QED) is 0.153. The normalized spacial score (nSPS) is 25.1. The number of piperidine rings is 1. The lowest BCUT2D eigenvalue weighted by Crippen LogP contribution is -2.31. The first-order valence-corrected chi connectivity index (χ1v) is 17.6. The van der Waals surface area contributed by atoms with Crippen LogP contribution in [0, 0.1) is 11.6 Å². The van der Waals surface area contributed by atoms with Gasteiger partial charge in [-0.15, -0.1) is 0 Å². The number of rotatable bonds is 6. The van der Waals surface area contributed by atoms with Gasteiger partial charge in [-0.2, -0.15) is 0 Å². The highest BCUT2D eigenvalue weighted by Crippen LogP contribution is 2.49. The summed E-state index contributed by atoms with van der Waals surface area (Å²) in [6.45, 7) is 3.53. The smallest absolute Gasteiger partial charge is 0.148 e. The molecular formula is C37H42F2N8. The number of fused-ring (bicyclic) bond motifs is 2. The number of hydrogen-bond donors (Lipinski definition) is 4. The second-order valence-corrected chi connectivity index (χ2v) is 13.9. The van der Waals surface area contributed by atoms with Crippen molar-refractivity contribution in [3.8, 4) is 0 Å². The molecule has 4 atom stereocenters. The van der Waals surface area contributed by atoms with E-state index in [-0.39, 0.29) is 35.8 Å². The molecule has 4 fully saturated rings. The number of aromatic amines is 2. The predicted octanol–water partition coefficient (Wildman–Crippen LogP) is 7.64. The second kappa shape index (κ2) is 11.9. The zero-order valence-electron chi connectivity index (χ0n) is 26.7. The van der Waals surface area contributed by atoms with Gasteiger partial charge < -0.3 is 30.4 Å². The van der Waals surface area contributed by atoms with Crippen LogP contribution in [-0.2, 0) is 0 Å². The molecule has 4 saturated heterocycles. The fraction of sp³-hybridized carbons (Fsp3) is 0.459. The van der Waals surface area contributed by atoms with Gasteiger partial charge in [0.15, 0.2) is 0 Å². The van der Waals surface area contributed by atoms with Gasteiger partial charge in [-0.05, 0) is 106 Å². The van der Waals surface area contributed by atoms with Crippen molar-refractivity contribution in [1.29, 1.82) is 0 Å². The van der Waals surface area contributed by atoms with Gasteiger partial charge in [-0.3, -0.25) is 0 Å². The van der Waals surface area contributed by atoms with Gasteiger partial charge in [0.25, 0.3) is 0 Å². The van der Waals surface area contributed by atoms with Crippen molar-refractivity contribution >= 4 is 33.4 Å². The molecule has 244 valence electrons. The molecule has 47 heavy (non-hydrogen) atoms. The number of H-pyrrole nitrogens is 2. The third-order valence-corrected chi connectivity index (χ3v) is 11.0. The van der Waals surface area contributed by atoms with E-state index >= 15 is 8.78 Å². The lowest BCUT2D eigenvalue weighted by Gasteiger charge is -2.35. The number of nitrogens with one attached hydrogen (secondary N) is 4. The van der Waals surface area contributed by atoms with Crippen LogP contribution in [0.25, 0.3) is 22.1 Å². The molecule has 2 aromatic heterocycles. The molecule has 4 aliphatic heterocycles. The maximum atomic E-state index is 16.4. The Balaban J connectivity index is 1.11. The molecule has 0 saturated carbocycles. The molecule has 0 spiro atoms. The third-order valence-electron chi connectivity index (χ3n) is 11.0. The minimum atomic E-state index is -0.377. The van der Waals surface area contributed by atoms with E-state index in [1.54, 1.807) is 0 Å². The molecule has 0 aliphatic carbocycles. The molecule has 4 N–H and O–H groups in total. The lowest BCUT2D eigenvalue weighted by molar-refractivity contribution is 0.545. The van der Waals surface area contributed by atoms with Gasteiger partial charge in [0.2, 0.25) is 0 Å². The largest absolute Gasteiger partial charge is 0.369 e. The Morgan fingerprint density at radius 3 is 1.66 bits per heavy atom. The highest BCUT2D eigenvalue weighted by atomic mass is 19.1. The van der Waals surface area contributed by atoms with Gasteiger partial charge in [-0.1, -0.05) is 12.1 Å². The van der Waals surface area contributed by atoms with Crippen molar-refractivity contribution < 1.29 is 8.78 Å². The third kappa shape index (κ3) is 5.26. The number of halogens is 2. The molecule has 10 heteroatoms. The first-order valence-electron chi connectivity index (χ1n) is 17.6. The van der Waals surface area contributed by atoms with E-state index < -0.39 is 0 Å². The van der Waals surface area contributed by atoms with Crippen LogP contribution in [0.3, 0.4) is 0 Å². The van der Waals surface area contributed by atoms with Crippen LogP contribution < -0.4 is 20.4 Å². The van der Waals surface area contributed by atoms with E-state index in [0.29, 0.717) is 11.4 Å². The molecule has 0 unspecified atom stereocenters. The van der Waals surface area contributed by atoms with Crippen molar-refractivity contribution in [1.82, 2.24) is 30.6 Å². The standard InChI is InChI=1S/C37H42F2N8/c38-24-21-35(25(39)20-34(24)46-16-2-1-3-17-46)47-32(22-8-10-26-30(18-22)44-36(42-26)28-6-4-14-40-28)12-13-33(47)23-9-11-27-31(19-23)45-37(43-27)29-7-5-15-41-29/h8-11,18-21,28-29,32-33,40-41H,1-7,12-17H2,(H,42,44)(H,43,45)/t28-,29-,32+,33+/m0/s1. The second-order valence-electron chi connectivity index (χ2n) is 13.9. The highest BCUT2D eigenvalue weighted by molar-refractivity contribution is 5.78. The van der Waals surface area contributed by atoms with E-state index in [1.165, 1.54) is 12.1 Å². The number of benzene rings is 3. The highest BCUT2D eigenvalue weighted by Gasteiger charge is 2.38. The van der Waals surface area contributed by atoms with Crippen LogP contribution in [0.5, 0.6) is 0 Å². The summed E-state index contributed by atoms with van der Waals surface area (Å²) in [7, 11) is 0. The zero-order chi connectivity index (χ0) is 31.5. The van der Waals surface area contributed by atoms with E-state index in [4.69, 9.17) is 9.97 Å². The Morgan fingerprint density at radius 1 is 0.596 bits per heavy atom. The summed E-state index contributed by atoms with van der Waals surface area (Å²) in [4.78, 5) is 21.0. The van der Waals surface area contributed by atoms with Crippen LogP contribution in [0.2, 0.25) is 0 Å².